The maximum absolute atomic E-state index is 15.8. The lowest BCUT2D eigenvalue weighted by Gasteiger charge is -2.32. The van der Waals surface area contributed by atoms with Gasteiger partial charge in [-0.2, -0.15) is 0 Å². The molecule has 0 saturated carbocycles. The Balaban J connectivity index is 1.73. The van der Waals surface area contributed by atoms with Gasteiger partial charge in [0.2, 0.25) is 0 Å². The molecule has 1 atom stereocenters. The SMILES string of the molecule is Cc1nnn(C)c1-c1cc2c(cc1F)c1ncc(C(C)(C)O)cc1n2C(c1cc(F)ccn1)C1CCOCC1. The minimum atomic E-state index is -1.15. The Hall–Kier alpha value is -3.76. The Morgan fingerprint density at radius 1 is 1.08 bits per heavy atom. The quantitative estimate of drug-likeness (QED) is 0.334. The fourth-order valence-electron chi connectivity index (χ4n) is 5.77. The number of rotatable bonds is 5. The van der Waals surface area contributed by atoms with E-state index in [4.69, 9.17) is 9.72 Å². The number of aliphatic hydroxyl groups is 1. The first-order valence-electron chi connectivity index (χ1n) is 13.1. The van der Waals surface area contributed by atoms with Gasteiger partial charge in [0.15, 0.2) is 0 Å². The van der Waals surface area contributed by atoms with Crippen LogP contribution < -0.4 is 0 Å². The zero-order chi connectivity index (χ0) is 27.5. The molecule has 0 radical (unpaired) electrons. The molecule has 1 aliphatic rings. The van der Waals surface area contributed by atoms with Crippen molar-refractivity contribution in [2.75, 3.05) is 13.2 Å². The molecular formula is C29H30F2N6O2. The van der Waals surface area contributed by atoms with Crippen molar-refractivity contribution in [3.05, 3.63) is 71.3 Å². The van der Waals surface area contributed by atoms with E-state index in [0.29, 0.717) is 57.8 Å². The van der Waals surface area contributed by atoms with Gasteiger partial charge in [0, 0.05) is 49.2 Å². The van der Waals surface area contributed by atoms with Gasteiger partial charge >= 0.3 is 0 Å². The third-order valence-electron chi connectivity index (χ3n) is 7.72. The van der Waals surface area contributed by atoms with Crippen molar-refractivity contribution in [3.63, 3.8) is 0 Å². The van der Waals surface area contributed by atoms with E-state index in [0.717, 1.165) is 18.4 Å². The molecule has 0 amide bonds. The number of nitrogens with zero attached hydrogens (tertiary/aromatic N) is 6. The number of hydrogen-bond donors (Lipinski definition) is 1. The maximum Gasteiger partial charge on any atom is 0.133 e. The highest BCUT2D eigenvalue weighted by molar-refractivity contribution is 6.07. The second kappa shape index (κ2) is 9.46. The van der Waals surface area contributed by atoms with Crippen LogP contribution in [0.2, 0.25) is 0 Å². The summed E-state index contributed by atoms with van der Waals surface area (Å²) in [7, 11) is 1.73. The van der Waals surface area contributed by atoms with Crippen molar-refractivity contribution in [3.8, 4) is 11.3 Å². The van der Waals surface area contributed by atoms with Gasteiger partial charge in [0.1, 0.15) is 11.6 Å². The number of pyridine rings is 2. The molecule has 5 heterocycles. The fraction of sp³-hybridized carbons (Fsp3) is 0.379. The van der Waals surface area contributed by atoms with Crippen LogP contribution in [0.3, 0.4) is 0 Å². The van der Waals surface area contributed by atoms with E-state index in [1.807, 2.05) is 6.07 Å². The van der Waals surface area contributed by atoms with E-state index in [-0.39, 0.29) is 17.8 Å². The van der Waals surface area contributed by atoms with Gasteiger partial charge in [-0.25, -0.2) is 13.5 Å². The molecule has 1 fully saturated rings. The molecule has 1 aliphatic heterocycles. The molecule has 0 bridgehead atoms. The lowest BCUT2D eigenvalue weighted by molar-refractivity contribution is 0.0547. The van der Waals surface area contributed by atoms with Crippen LogP contribution in [0.1, 0.15) is 49.7 Å². The van der Waals surface area contributed by atoms with Crippen LogP contribution in [0.5, 0.6) is 0 Å². The topological polar surface area (TPSA) is 90.9 Å². The molecule has 6 rings (SSSR count). The number of aromatic nitrogens is 6. The Bertz CT molecular complexity index is 1680. The highest BCUT2D eigenvalue weighted by atomic mass is 19.1. The van der Waals surface area contributed by atoms with Crippen LogP contribution in [0.4, 0.5) is 8.78 Å². The monoisotopic (exact) mass is 532 g/mol. The number of fused-ring (bicyclic) bond motifs is 3. The van der Waals surface area contributed by atoms with Crippen LogP contribution in [0.25, 0.3) is 33.2 Å². The molecule has 8 nitrogen and oxygen atoms in total. The summed E-state index contributed by atoms with van der Waals surface area (Å²) in [6.07, 6.45) is 4.60. The van der Waals surface area contributed by atoms with E-state index in [9.17, 15) is 9.50 Å². The van der Waals surface area contributed by atoms with Gasteiger partial charge in [-0.05, 0) is 69.9 Å². The summed E-state index contributed by atoms with van der Waals surface area (Å²) in [6.45, 7) is 6.35. The summed E-state index contributed by atoms with van der Waals surface area (Å²) in [5.41, 5.74) is 3.60. The molecule has 39 heavy (non-hydrogen) atoms. The summed E-state index contributed by atoms with van der Waals surface area (Å²) >= 11 is 0. The number of aryl methyl sites for hydroxylation is 2. The number of benzene rings is 1. The second-order valence-corrected chi connectivity index (χ2v) is 10.8. The molecule has 10 heteroatoms. The highest BCUT2D eigenvalue weighted by Crippen LogP contribution is 2.42. The molecule has 202 valence electrons. The highest BCUT2D eigenvalue weighted by Gasteiger charge is 2.32. The molecule has 0 spiro atoms. The average molecular weight is 533 g/mol. The van der Waals surface area contributed by atoms with Gasteiger partial charge in [-0.15, -0.1) is 5.10 Å². The zero-order valence-electron chi connectivity index (χ0n) is 22.3. The average Bonchev–Trinajstić information content (AvgIpc) is 3.39. The maximum atomic E-state index is 15.8. The van der Waals surface area contributed by atoms with Crippen molar-refractivity contribution in [1.29, 1.82) is 0 Å². The van der Waals surface area contributed by atoms with E-state index < -0.39 is 11.4 Å². The minimum absolute atomic E-state index is 0.0752. The van der Waals surface area contributed by atoms with E-state index >= 15 is 4.39 Å². The summed E-state index contributed by atoms with van der Waals surface area (Å²) < 4.78 is 39.7. The van der Waals surface area contributed by atoms with Crippen LogP contribution in [-0.2, 0) is 17.4 Å². The third kappa shape index (κ3) is 4.37. The third-order valence-corrected chi connectivity index (χ3v) is 7.72. The van der Waals surface area contributed by atoms with E-state index in [1.165, 1.54) is 24.4 Å². The van der Waals surface area contributed by atoms with Crippen LogP contribution in [-0.4, -0.2) is 47.8 Å². The number of hydrogen-bond acceptors (Lipinski definition) is 6. The fourth-order valence-corrected chi connectivity index (χ4v) is 5.77. The normalized spacial score (nSPS) is 15.9. The Morgan fingerprint density at radius 2 is 1.85 bits per heavy atom. The smallest absolute Gasteiger partial charge is 0.133 e. The first kappa shape index (κ1) is 25.5. The van der Waals surface area contributed by atoms with Crippen molar-refractivity contribution in [2.24, 2.45) is 13.0 Å². The van der Waals surface area contributed by atoms with E-state index in [2.05, 4.69) is 19.9 Å². The predicted molar refractivity (Wildman–Crippen MR) is 143 cm³/mol. The van der Waals surface area contributed by atoms with Crippen molar-refractivity contribution >= 4 is 21.9 Å². The molecule has 0 aliphatic carbocycles. The van der Waals surface area contributed by atoms with Gasteiger partial charge in [0.05, 0.1) is 45.3 Å². The summed E-state index contributed by atoms with van der Waals surface area (Å²) in [5, 5.41) is 19.6. The van der Waals surface area contributed by atoms with Crippen molar-refractivity contribution in [1.82, 2.24) is 29.5 Å². The Morgan fingerprint density at radius 3 is 2.51 bits per heavy atom. The lowest BCUT2D eigenvalue weighted by Crippen LogP contribution is -2.27. The number of ether oxygens (including phenoxy) is 1. The Labute approximate surface area is 224 Å². The van der Waals surface area contributed by atoms with Gasteiger partial charge in [0.25, 0.3) is 0 Å². The molecular weight excluding hydrogens is 502 g/mol. The van der Waals surface area contributed by atoms with Crippen LogP contribution in [0.15, 0.2) is 42.7 Å². The van der Waals surface area contributed by atoms with Gasteiger partial charge < -0.3 is 14.4 Å². The largest absolute Gasteiger partial charge is 0.386 e. The summed E-state index contributed by atoms with van der Waals surface area (Å²) in [5.74, 6) is -0.724. The molecule has 1 unspecified atom stereocenters. The van der Waals surface area contributed by atoms with E-state index in [1.54, 1.807) is 44.8 Å². The molecule has 1 N–H and O–H groups in total. The first-order valence-corrected chi connectivity index (χ1v) is 13.1. The first-order chi connectivity index (χ1) is 18.6. The lowest BCUT2D eigenvalue weighted by atomic mass is 9.88. The van der Waals surface area contributed by atoms with Gasteiger partial charge in [-0.3, -0.25) is 9.97 Å². The van der Waals surface area contributed by atoms with Gasteiger partial charge in [-0.1, -0.05) is 5.21 Å². The summed E-state index contributed by atoms with van der Waals surface area (Å²) in [4.78, 5) is 9.31. The molecule has 4 aromatic heterocycles. The second-order valence-electron chi connectivity index (χ2n) is 10.8. The predicted octanol–water partition coefficient (Wildman–Crippen LogP) is 5.21. The van der Waals surface area contributed by atoms with Crippen LogP contribution >= 0.6 is 0 Å². The zero-order valence-corrected chi connectivity index (χ0v) is 22.3. The standard InChI is InChI=1S/C29H30F2N6O2/c1-16-27(36(4)35-34-16)20-14-24-21(13-22(20)31)26-25(11-18(15-33-26)29(2,3)38)37(24)28(17-6-9-39-10-7-17)23-12-19(30)5-8-32-23/h5,8,11-15,17,28,38H,6-7,9-10H2,1-4H3. The van der Waals surface area contributed by atoms with Crippen molar-refractivity contribution in [2.45, 2.75) is 45.3 Å². The Kier molecular flexibility index (Phi) is 6.19. The molecule has 1 saturated heterocycles. The van der Waals surface area contributed by atoms with Crippen LogP contribution in [0, 0.1) is 24.5 Å². The molecule has 1 aromatic carbocycles. The molecule has 5 aromatic rings. The minimum Gasteiger partial charge on any atom is -0.386 e. The number of halogens is 2. The van der Waals surface area contributed by atoms with Crippen molar-refractivity contribution < 1.29 is 18.6 Å². The summed E-state index contributed by atoms with van der Waals surface area (Å²) in [6, 6.07) is 7.59.